The molecule has 0 saturated heterocycles. The van der Waals surface area contributed by atoms with E-state index in [1.54, 1.807) is 6.20 Å². The minimum atomic E-state index is 0.212. The van der Waals surface area contributed by atoms with E-state index in [9.17, 15) is 0 Å². The van der Waals surface area contributed by atoms with E-state index in [-0.39, 0.29) is 5.92 Å². The van der Waals surface area contributed by atoms with Crippen LogP contribution in [-0.4, -0.2) is 10.8 Å². The summed E-state index contributed by atoms with van der Waals surface area (Å²) in [6.07, 6.45) is 1.73. The van der Waals surface area contributed by atoms with Crippen LogP contribution in [0.3, 0.4) is 0 Å². The highest BCUT2D eigenvalue weighted by Gasteiger charge is 2.06. The number of benzene rings is 1. The van der Waals surface area contributed by atoms with Crippen molar-refractivity contribution < 1.29 is 0 Å². The molecule has 3 nitrogen and oxygen atoms in total. The van der Waals surface area contributed by atoms with Crippen LogP contribution in [0, 0.1) is 5.92 Å². The van der Waals surface area contributed by atoms with Gasteiger partial charge in [0.2, 0.25) is 0 Å². The van der Waals surface area contributed by atoms with E-state index >= 15 is 0 Å². The molecule has 2 aromatic rings. The van der Waals surface area contributed by atoms with Gasteiger partial charge in [0.25, 0.3) is 0 Å². The van der Waals surface area contributed by atoms with Crippen molar-refractivity contribution in [1.82, 2.24) is 4.98 Å². The molecule has 0 aliphatic rings. The SMILES string of the molecule is CC(C)C(N)=Nc1ccc(Cl)c2cccnc12. The van der Waals surface area contributed by atoms with E-state index in [1.807, 2.05) is 38.1 Å². The zero-order valence-electron chi connectivity index (χ0n) is 9.81. The Morgan fingerprint density at radius 1 is 1.35 bits per heavy atom. The number of amidine groups is 1. The standard InChI is InChI=1S/C13H14ClN3/c1-8(2)13(15)17-11-6-5-10(14)9-4-3-7-16-12(9)11/h3-8H,1-2H3,(H2,15,17). The largest absolute Gasteiger partial charge is 0.387 e. The van der Waals surface area contributed by atoms with Gasteiger partial charge in [-0.05, 0) is 24.3 Å². The number of hydrogen-bond donors (Lipinski definition) is 1. The molecule has 0 spiro atoms. The van der Waals surface area contributed by atoms with Gasteiger partial charge in [0, 0.05) is 17.5 Å². The number of fused-ring (bicyclic) bond motifs is 1. The number of pyridine rings is 1. The maximum absolute atomic E-state index is 6.11. The van der Waals surface area contributed by atoms with Crippen LogP contribution in [0.25, 0.3) is 10.9 Å². The predicted octanol–water partition coefficient (Wildman–Crippen LogP) is 3.53. The number of rotatable bonds is 2. The van der Waals surface area contributed by atoms with Crippen molar-refractivity contribution in [3.8, 4) is 0 Å². The summed E-state index contributed by atoms with van der Waals surface area (Å²) >= 11 is 6.11. The van der Waals surface area contributed by atoms with Crippen LogP contribution in [0.5, 0.6) is 0 Å². The van der Waals surface area contributed by atoms with Gasteiger partial charge >= 0.3 is 0 Å². The van der Waals surface area contributed by atoms with Gasteiger partial charge in [0.15, 0.2) is 0 Å². The van der Waals surface area contributed by atoms with Crippen LogP contribution in [0.2, 0.25) is 5.02 Å². The fourth-order valence-electron chi connectivity index (χ4n) is 1.48. The third kappa shape index (κ3) is 2.39. The number of hydrogen-bond acceptors (Lipinski definition) is 2. The van der Waals surface area contributed by atoms with Crippen molar-refractivity contribution in [3.63, 3.8) is 0 Å². The van der Waals surface area contributed by atoms with Crippen LogP contribution in [-0.2, 0) is 0 Å². The summed E-state index contributed by atoms with van der Waals surface area (Å²) < 4.78 is 0. The average molecular weight is 248 g/mol. The van der Waals surface area contributed by atoms with E-state index < -0.39 is 0 Å². The van der Waals surface area contributed by atoms with Crippen LogP contribution in [0.4, 0.5) is 5.69 Å². The lowest BCUT2D eigenvalue weighted by Gasteiger charge is -2.06. The third-order valence-electron chi connectivity index (χ3n) is 2.54. The lowest BCUT2D eigenvalue weighted by Crippen LogP contribution is -2.18. The van der Waals surface area contributed by atoms with Crippen LogP contribution in [0.1, 0.15) is 13.8 Å². The summed E-state index contributed by atoms with van der Waals surface area (Å²) in [6.45, 7) is 4.01. The predicted molar refractivity (Wildman–Crippen MR) is 72.9 cm³/mol. The van der Waals surface area contributed by atoms with Gasteiger partial charge in [-0.25, -0.2) is 4.99 Å². The second-order valence-electron chi connectivity index (χ2n) is 4.16. The molecule has 0 amide bonds. The molecule has 0 aliphatic carbocycles. The summed E-state index contributed by atoms with van der Waals surface area (Å²) in [4.78, 5) is 8.71. The Labute approximate surface area is 105 Å². The first-order valence-electron chi connectivity index (χ1n) is 5.47. The second-order valence-corrected chi connectivity index (χ2v) is 4.56. The smallest absolute Gasteiger partial charge is 0.102 e. The summed E-state index contributed by atoms with van der Waals surface area (Å²) in [5, 5.41) is 1.57. The molecule has 2 rings (SSSR count). The number of halogens is 1. The average Bonchev–Trinajstić information content (AvgIpc) is 2.33. The van der Waals surface area contributed by atoms with Crippen LogP contribution >= 0.6 is 11.6 Å². The Hall–Kier alpha value is -1.61. The maximum Gasteiger partial charge on any atom is 0.102 e. The summed E-state index contributed by atoms with van der Waals surface area (Å²) in [5.74, 6) is 0.809. The summed E-state index contributed by atoms with van der Waals surface area (Å²) in [6, 6.07) is 7.44. The molecule has 17 heavy (non-hydrogen) atoms. The molecular formula is C13H14ClN3. The van der Waals surface area contributed by atoms with Gasteiger partial charge in [-0.1, -0.05) is 25.4 Å². The van der Waals surface area contributed by atoms with Crippen molar-refractivity contribution in [1.29, 1.82) is 0 Å². The molecule has 1 aromatic carbocycles. The first kappa shape index (κ1) is 11.9. The normalized spacial score (nSPS) is 12.4. The first-order chi connectivity index (χ1) is 8.09. The Kier molecular flexibility index (Phi) is 3.29. The topological polar surface area (TPSA) is 51.3 Å². The van der Waals surface area contributed by atoms with Gasteiger partial charge in [-0.3, -0.25) is 4.98 Å². The Balaban J connectivity index is 2.64. The monoisotopic (exact) mass is 247 g/mol. The Morgan fingerprint density at radius 3 is 2.82 bits per heavy atom. The van der Waals surface area contributed by atoms with Gasteiger partial charge in [0.1, 0.15) is 5.84 Å². The van der Waals surface area contributed by atoms with Crippen LogP contribution in [0.15, 0.2) is 35.5 Å². The molecule has 2 N–H and O–H groups in total. The Morgan fingerprint density at radius 2 is 2.12 bits per heavy atom. The van der Waals surface area contributed by atoms with Crippen molar-refractivity contribution in [2.75, 3.05) is 0 Å². The van der Waals surface area contributed by atoms with Gasteiger partial charge in [-0.15, -0.1) is 0 Å². The molecule has 0 unspecified atom stereocenters. The molecule has 0 bridgehead atoms. The highest BCUT2D eigenvalue weighted by atomic mass is 35.5. The van der Waals surface area contributed by atoms with Crippen molar-refractivity contribution in [2.45, 2.75) is 13.8 Å². The maximum atomic E-state index is 6.11. The molecule has 0 aliphatic heterocycles. The minimum Gasteiger partial charge on any atom is -0.387 e. The second kappa shape index (κ2) is 4.72. The van der Waals surface area contributed by atoms with E-state index in [0.29, 0.717) is 10.9 Å². The fraction of sp³-hybridized carbons (Fsp3) is 0.231. The lowest BCUT2D eigenvalue weighted by molar-refractivity contribution is 0.873. The van der Waals surface area contributed by atoms with E-state index in [1.165, 1.54) is 0 Å². The van der Waals surface area contributed by atoms with Gasteiger partial charge < -0.3 is 5.73 Å². The number of aromatic nitrogens is 1. The Bertz CT molecular complexity index is 576. The number of nitrogens with two attached hydrogens (primary N) is 1. The first-order valence-corrected chi connectivity index (χ1v) is 5.84. The number of nitrogens with zero attached hydrogens (tertiary/aromatic N) is 2. The van der Waals surface area contributed by atoms with Gasteiger partial charge in [-0.2, -0.15) is 0 Å². The zero-order valence-corrected chi connectivity index (χ0v) is 10.6. The minimum absolute atomic E-state index is 0.212. The highest BCUT2D eigenvalue weighted by molar-refractivity contribution is 6.35. The quantitative estimate of drug-likeness (QED) is 0.652. The molecule has 4 heteroatoms. The molecule has 88 valence electrons. The highest BCUT2D eigenvalue weighted by Crippen LogP contribution is 2.29. The molecule has 1 heterocycles. The van der Waals surface area contributed by atoms with E-state index in [2.05, 4.69) is 9.98 Å². The van der Waals surface area contributed by atoms with Crippen LogP contribution < -0.4 is 5.73 Å². The van der Waals surface area contributed by atoms with Crippen molar-refractivity contribution >= 4 is 34.0 Å². The van der Waals surface area contributed by atoms with Gasteiger partial charge in [0.05, 0.1) is 16.2 Å². The molecule has 0 radical (unpaired) electrons. The molecule has 1 aromatic heterocycles. The van der Waals surface area contributed by atoms with E-state index in [0.717, 1.165) is 16.6 Å². The van der Waals surface area contributed by atoms with Crippen molar-refractivity contribution in [3.05, 3.63) is 35.5 Å². The van der Waals surface area contributed by atoms with Crippen molar-refractivity contribution in [2.24, 2.45) is 16.6 Å². The summed E-state index contributed by atoms with van der Waals surface area (Å²) in [7, 11) is 0. The lowest BCUT2D eigenvalue weighted by atomic mass is 10.1. The molecule has 0 atom stereocenters. The third-order valence-corrected chi connectivity index (χ3v) is 2.87. The molecule has 0 fully saturated rings. The van der Waals surface area contributed by atoms with E-state index in [4.69, 9.17) is 17.3 Å². The molecular weight excluding hydrogens is 234 g/mol. The summed E-state index contributed by atoms with van der Waals surface area (Å²) in [5.41, 5.74) is 7.41. The fourth-order valence-corrected chi connectivity index (χ4v) is 1.70. The number of aliphatic imine (C=N–C) groups is 1. The zero-order chi connectivity index (χ0) is 12.4. The molecule has 0 saturated carbocycles.